The van der Waals surface area contributed by atoms with Gasteiger partial charge in [0.15, 0.2) is 0 Å². The fraction of sp³-hybridized carbons (Fsp3) is 0.0870. The van der Waals surface area contributed by atoms with Crippen LogP contribution in [0.15, 0.2) is 66.7 Å². The Bertz CT molecular complexity index is 1140. The van der Waals surface area contributed by atoms with Gasteiger partial charge in [-0.05, 0) is 60.5 Å². The number of fused-ring (bicyclic) bond motifs is 1. The molecule has 0 saturated carbocycles. The standard InChI is InChI=1S/C23H17ClFNO/c1-14-11-23(26-22-10-6-17(24)13-20(14)22)16-5-9-19(21(25)12-16)15-3-7-18(27-2)8-4-15/h3-13H,1-2H3. The summed E-state index contributed by atoms with van der Waals surface area (Å²) in [6.07, 6.45) is 0. The summed E-state index contributed by atoms with van der Waals surface area (Å²) in [5.74, 6) is 0.458. The van der Waals surface area contributed by atoms with E-state index >= 15 is 0 Å². The molecule has 0 atom stereocenters. The molecule has 0 radical (unpaired) electrons. The third-order valence-electron chi connectivity index (χ3n) is 4.64. The summed E-state index contributed by atoms with van der Waals surface area (Å²) < 4.78 is 20.0. The first kappa shape index (κ1) is 17.5. The highest BCUT2D eigenvalue weighted by Gasteiger charge is 2.10. The molecule has 0 amide bonds. The monoisotopic (exact) mass is 377 g/mol. The van der Waals surface area contributed by atoms with Crippen molar-refractivity contribution in [3.05, 3.63) is 83.1 Å². The van der Waals surface area contributed by atoms with E-state index in [1.807, 2.05) is 61.5 Å². The van der Waals surface area contributed by atoms with Crippen LogP contribution in [0.3, 0.4) is 0 Å². The molecular weight excluding hydrogens is 361 g/mol. The van der Waals surface area contributed by atoms with E-state index in [4.69, 9.17) is 16.3 Å². The second-order valence-electron chi connectivity index (χ2n) is 6.41. The molecule has 0 unspecified atom stereocenters. The molecule has 27 heavy (non-hydrogen) atoms. The predicted molar refractivity (Wildman–Crippen MR) is 109 cm³/mol. The molecule has 0 aliphatic carbocycles. The molecule has 1 heterocycles. The molecule has 1 aromatic heterocycles. The van der Waals surface area contributed by atoms with E-state index in [0.29, 0.717) is 10.6 Å². The van der Waals surface area contributed by atoms with Gasteiger partial charge in [0.2, 0.25) is 0 Å². The summed E-state index contributed by atoms with van der Waals surface area (Å²) in [6.45, 7) is 2.01. The summed E-state index contributed by atoms with van der Waals surface area (Å²) in [6, 6.07) is 20.1. The van der Waals surface area contributed by atoms with E-state index in [1.165, 1.54) is 6.07 Å². The Morgan fingerprint density at radius 3 is 2.33 bits per heavy atom. The average molecular weight is 378 g/mol. The number of pyridine rings is 1. The number of halogens is 2. The molecule has 0 aliphatic rings. The minimum absolute atomic E-state index is 0.284. The van der Waals surface area contributed by atoms with E-state index in [1.54, 1.807) is 13.2 Å². The zero-order valence-electron chi connectivity index (χ0n) is 15.0. The molecule has 0 saturated heterocycles. The lowest BCUT2D eigenvalue weighted by atomic mass is 10.0. The van der Waals surface area contributed by atoms with Gasteiger partial charge in [0.1, 0.15) is 11.6 Å². The molecular formula is C23H17ClFNO. The maximum Gasteiger partial charge on any atom is 0.131 e. The van der Waals surface area contributed by atoms with Gasteiger partial charge in [-0.15, -0.1) is 0 Å². The fourth-order valence-corrected chi connectivity index (χ4v) is 3.37. The van der Waals surface area contributed by atoms with Crippen molar-refractivity contribution in [1.82, 2.24) is 4.98 Å². The molecule has 4 aromatic rings. The van der Waals surface area contributed by atoms with Gasteiger partial charge in [0.25, 0.3) is 0 Å². The van der Waals surface area contributed by atoms with Crippen molar-refractivity contribution in [3.63, 3.8) is 0 Å². The van der Waals surface area contributed by atoms with Crippen molar-refractivity contribution < 1.29 is 9.13 Å². The Kier molecular flexibility index (Phi) is 4.54. The number of aryl methyl sites for hydroxylation is 1. The maximum atomic E-state index is 14.8. The van der Waals surface area contributed by atoms with Crippen LogP contribution < -0.4 is 4.74 Å². The minimum atomic E-state index is -0.284. The van der Waals surface area contributed by atoms with Crippen molar-refractivity contribution in [1.29, 1.82) is 0 Å². The highest BCUT2D eigenvalue weighted by Crippen LogP contribution is 2.31. The number of benzene rings is 3. The smallest absolute Gasteiger partial charge is 0.131 e. The van der Waals surface area contributed by atoms with Crippen molar-refractivity contribution in [2.24, 2.45) is 0 Å². The molecule has 3 aromatic carbocycles. The molecule has 4 rings (SSSR count). The summed E-state index contributed by atoms with van der Waals surface area (Å²) in [5, 5.41) is 1.68. The Balaban J connectivity index is 1.75. The highest BCUT2D eigenvalue weighted by molar-refractivity contribution is 6.31. The topological polar surface area (TPSA) is 22.1 Å². The third kappa shape index (κ3) is 3.38. The Morgan fingerprint density at radius 1 is 0.889 bits per heavy atom. The van der Waals surface area contributed by atoms with Gasteiger partial charge in [-0.2, -0.15) is 0 Å². The van der Waals surface area contributed by atoms with E-state index in [0.717, 1.165) is 39.0 Å². The summed E-state index contributed by atoms with van der Waals surface area (Å²) >= 11 is 6.08. The molecule has 0 fully saturated rings. The van der Waals surface area contributed by atoms with Crippen LogP contribution in [0.2, 0.25) is 5.02 Å². The van der Waals surface area contributed by atoms with Crippen LogP contribution in [0.1, 0.15) is 5.56 Å². The first-order valence-corrected chi connectivity index (χ1v) is 8.94. The third-order valence-corrected chi connectivity index (χ3v) is 4.88. The zero-order chi connectivity index (χ0) is 19.0. The molecule has 0 bridgehead atoms. The van der Waals surface area contributed by atoms with Crippen LogP contribution in [0.25, 0.3) is 33.3 Å². The van der Waals surface area contributed by atoms with Crippen LogP contribution in [-0.2, 0) is 0 Å². The maximum absolute atomic E-state index is 14.8. The van der Waals surface area contributed by atoms with Crippen molar-refractivity contribution in [3.8, 4) is 28.1 Å². The van der Waals surface area contributed by atoms with Gasteiger partial charge < -0.3 is 4.74 Å². The SMILES string of the molecule is COc1ccc(-c2ccc(-c3cc(C)c4cc(Cl)ccc4n3)cc2F)cc1. The summed E-state index contributed by atoms with van der Waals surface area (Å²) in [7, 11) is 1.61. The van der Waals surface area contributed by atoms with Crippen LogP contribution in [0.4, 0.5) is 4.39 Å². The van der Waals surface area contributed by atoms with Gasteiger partial charge in [0, 0.05) is 21.5 Å². The lowest BCUT2D eigenvalue weighted by molar-refractivity contribution is 0.415. The molecule has 4 heteroatoms. The predicted octanol–water partition coefficient (Wildman–Crippen LogP) is 6.68. The van der Waals surface area contributed by atoms with Crippen LogP contribution in [-0.4, -0.2) is 12.1 Å². The Hall–Kier alpha value is -2.91. The highest BCUT2D eigenvalue weighted by atomic mass is 35.5. The van der Waals surface area contributed by atoms with Crippen molar-refractivity contribution in [2.45, 2.75) is 6.92 Å². The molecule has 0 spiro atoms. The first-order chi connectivity index (χ1) is 13.0. The lowest BCUT2D eigenvalue weighted by Gasteiger charge is -2.10. The molecule has 2 nitrogen and oxygen atoms in total. The molecule has 0 aliphatic heterocycles. The van der Waals surface area contributed by atoms with E-state index in [-0.39, 0.29) is 5.82 Å². The van der Waals surface area contributed by atoms with E-state index in [9.17, 15) is 4.39 Å². The number of hydrogen-bond donors (Lipinski definition) is 0. The van der Waals surface area contributed by atoms with Gasteiger partial charge >= 0.3 is 0 Å². The van der Waals surface area contributed by atoms with Crippen LogP contribution >= 0.6 is 11.6 Å². The number of rotatable bonds is 3. The van der Waals surface area contributed by atoms with Crippen molar-refractivity contribution >= 4 is 22.5 Å². The average Bonchev–Trinajstić information content (AvgIpc) is 2.68. The van der Waals surface area contributed by atoms with Crippen LogP contribution in [0, 0.1) is 12.7 Å². The van der Waals surface area contributed by atoms with Gasteiger partial charge in [0.05, 0.1) is 18.3 Å². The van der Waals surface area contributed by atoms with E-state index in [2.05, 4.69) is 4.98 Å². The Labute approximate surface area is 162 Å². The zero-order valence-corrected chi connectivity index (χ0v) is 15.7. The lowest BCUT2D eigenvalue weighted by Crippen LogP contribution is -1.91. The molecule has 134 valence electrons. The first-order valence-electron chi connectivity index (χ1n) is 8.56. The van der Waals surface area contributed by atoms with Gasteiger partial charge in [-0.1, -0.05) is 35.9 Å². The second kappa shape index (κ2) is 7.01. The number of hydrogen-bond acceptors (Lipinski definition) is 2. The normalized spacial score (nSPS) is 11.0. The number of aromatic nitrogens is 1. The van der Waals surface area contributed by atoms with E-state index < -0.39 is 0 Å². The number of ether oxygens (including phenoxy) is 1. The Morgan fingerprint density at radius 2 is 1.63 bits per heavy atom. The summed E-state index contributed by atoms with van der Waals surface area (Å²) in [5.41, 5.74) is 4.72. The summed E-state index contributed by atoms with van der Waals surface area (Å²) in [4.78, 5) is 4.67. The van der Waals surface area contributed by atoms with Gasteiger partial charge in [-0.25, -0.2) is 9.37 Å². The van der Waals surface area contributed by atoms with Gasteiger partial charge in [-0.3, -0.25) is 0 Å². The van der Waals surface area contributed by atoms with Crippen molar-refractivity contribution in [2.75, 3.05) is 7.11 Å². The minimum Gasteiger partial charge on any atom is -0.497 e. The fourth-order valence-electron chi connectivity index (χ4n) is 3.19. The second-order valence-corrected chi connectivity index (χ2v) is 6.85. The largest absolute Gasteiger partial charge is 0.497 e. The number of nitrogens with zero attached hydrogens (tertiary/aromatic N) is 1. The quantitative estimate of drug-likeness (QED) is 0.397. The number of methoxy groups -OCH3 is 1. The van der Waals surface area contributed by atoms with Crippen LogP contribution in [0.5, 0.6) is 5.75 Å². The molecule has 0 N–H and O–H groups in total.